The largest absolute Gasteiger partial charge is 0.455 e. The summed E-state index contributed by atoms with van der Waals surface area (Å²) in [7, 11) is 0. The van der Waals surface area contributed by atoms with Gasteiger partial charge in [0, 0.05) is 29.7 Å². The van der Waals surface area contributed by atoms with Crippen LogP contribution in [0.3, 0.4) is 0 Å². The number of carbonyl (C=O) groups excluding carboxylic acids is 1. The summed E-state index contributed by atoms with van der Waals surface area (Å²) in [4.78, 5) is 22.7. The molecule has 0 saturated heterocycles. The molecule has 0 atom stereocenters. The summed E-state index contributed by atoms with van der Waals surface area (Å²) in [5.74, 6) is -0.490. The van der Waals surface area contributed by atoms with E-state index in [2.05, 4.69) is 0 Å². The fourth-order valence-corrected chi connectivity index (χ4v) is 2.54. The molecule has 0 unspecified atom stereocenters. The first kappa shape index (κ1) is 17.6. The fourth-order valence-electron chi connectivity index (χ4n) is 2.54. The van der Waals surface area contributed by atoms with Crippen molar-refractivity contribution in [1.29, 1.82) is 0 Å². The average Bonchev–Trinajstić information content (AvgIpc) is 3.03. The van der Waals surface area contributed by atoms with E-state index in [4.69, 9.17) is 13.9 Å². The minimum absolute atomic E-state index is 0.0120. The van der Waals surface area contributed by atoms with Crippen LogP contribution < -0.4 is 0 Å². The van der Waals surface area contributed by atoms with Gasteiger partial charge in [0.05, 0.1) is 11.5 Å². The summed E-state index contributed by atoms with van der Waals surface area (Å²) in [5.41, 5.74) is 1.86. The van der Waals surface area contributed by atoms with Gasteiger partial charge in [-0.1, -0.05) is 18.2 Å². The Morgan fingerprint density at radius 2 is 1.85 bits per heavy atom. The number of carbonyl (C=O) groups is 1. The summed E-state index contributed by atoms with van der Waals surface area (Å²) >= 11 is 0. The summed E-state index contributed by atoms with van der Waals surface area (Å²) in [6.07, 6.45) is 0. The van der Waals surface area contributed by atoms with Gasteiger partial charge in [0.1, 0.15) is 12.2 Å². The first-order chi connectivity index (χ1) is 12.6. The highest BCUT2D eigenvalue weighted by Gasteiger charge is 2.22. The predicted molar refractivity (Wildman–Crippen MR) is 93.8 cm³/mol. The number of benzene rings is 2. The lowest BCUT2D eigenvalue weighted by atomic mass is 10.1. The molecule has 7 heteroatoms. The van der Waals surface area contributed by atoms with Crippen LogP contribution in [-0.4, -0.2) is 17.5 Å². The van der Waals surface area contributed by atoms with Gasteiger partial charge in [0.25, 0.3) is 5.69 Å². The van der Waals surface area contributed by atoms with E-state index >= 15 is 0 Å². The molecule has 0 spiro atoms. The van der Waals surface area contributed by atoms with Crippen LogP contribution in [0.1, 0.15) is 28.6 Å². The van der Waals surface area contributed by atoms with Gasteiger partial charge in [-0.15, -0.1) is 0 Å². The van der Waals surface area contributed by atoms with E-state index in [0.717, 1.165) is 5.39 Å². The van der Waals surface area contributed by atoms with Crippen LogP contribution in [0.5, 0.6) is 0 Å². The van der Waals surface area contributed by atoms with Crippen LogP contribution in [0.4, 0.5) is 5.69 Å². The van der Waals surface area contributed by atoms with E-state index in [1.54, 1.807) is 18.2 Å². The molecule has 0 N–H and O–H groups in total. The summed E-state index contributed by atoms with van der Waals surface area (Å²) in [5, 5.41) is 11.5. The molecule has 3 rings (SSSR count). The highest BCUT2D eigenvalue weighted by molar-refractivity contribution is 5.96. The number of rotatable bonds is 7. The second-order valence-electron chi connectivity index (χ2n) is 5.54. The monoisotopic (exact) mass is 355 g/mol. The molecule has 26 heavy (non-hydrogen) atoms. The van der Waals surface area contributed by atoms with Gasteiger partial charge < -0.3 is 13.9 Å². The van der Waals surface area contributed by atoms with Crippen molar-refractivity contribution < 1.29 is 23.6 Å². The van der Waals surface area contributed by atoms with Crippen LogP contribution in [0.2, 0.25) is 0 Å². The van der Waals surface area contributed by atoms with Gasteiger partial charge in [-0.25, -0.2) is 4.79 Å². The van der Waals surface area contributed by atoms with Crippen molar-refractivity contribution in [2.24, 2.45) is 0 Å². The van der Waals surface area contributed by atoms with Crippen molar-refractivity contribution in [2.45, 2.75) is 20.1 Å². The SMILES string of the molecule is CCOCc1c(C(=O)OCc2ccc([N+](=O)[O-])cc2)oc2ccccc12. The molecule has 0 aliphatic heterocycles. The molecule has 0 aliphatic carbocycles. The highest BCUT2D eigenvalue weighted by Crippen LogP contribution is 2.27. The first-order valence-electron chi connectivity index (χ1n) is 8.08. The first-order valence-corrected chi connectivity index (χ1v) is 8.08. The van der Waals surface area contributed by atoms with Crippen molar-refractivity contribution in [3.63, 3.8) is 0 Å². The standard InChI is InChI=1S/C19H17NO6/c1-2-24-12-16-15-5-3-4-6-17(15)26-18(16)19(21)25-11-13-7-9-14(10-8-13)20(22)23/h3-10H,2,11-12H2,1H3. The molecular weight excluding hydrogens is 338 g/mol. The zero-order chi connectivity index (χ0) is 18.5. The van der Waals surface area contributed by atoms with Gasteiger partial charge in [-0.2, -0.15) is 0 Å². The Morgan fingerprint density at radius 1 is 1.12 bits per heavy atom. The molecule has 0 bridgehead atoms. The van der Waals surface area contributed by atoms with E-state index in [1.807, 2.05) is 25.1 Å². The number of nitrogens with zero attached hydrogens (tertiary/aromatic N) is 1. The van der Waals surface area contributed by atoms with Gasteiger partial charge >= 0.3 is 5.97 Å². The van der Waals surface area contributed by atoms with Crippen LogP contribution in [0, 0.1) is 10.1 Å². The van der Waals surface area contributed by atoms with Crippen LogP contribution in [0.25, 0.3) is 11.0 Å². The number of furan rings is 1. The number of nitro benzene ring substituents is 1. The Morgan fingerprint density at radius 3 is 2.54 bits per heavy atom. The van der Waals surface area contributed by atoms with E-state index < -0.39 is 10.9 Å². The molecule has 0 saturated carbocycles. The topological polar surface area (TPSA) is 91.8 Å². The maximum atomic E-state index is 12.5. The molecule has 2 aromatic carbocycles. The number of non-ortho nitro benzene ring substituents is 1. The third kappa shape index (κ3) is 3.73. The molecular formula is C19H17NO6. The molecule has 3 aromatic rings. The van der Waals surface area contributed by atoms with E-state index in [1.165, 1.54) is 12.1 Å². The number of hydrogen-bond acceptors (Lipinski definition) is 6. The minimum Gasteiger partial charge on any atom is -0.455 e. The van der Waals surface area contributed by atoms with E-state index in [-0.39, 0.29) is 24.7 Å². The second kappa shape index (κ2) is 7.79. The lowest BCUT2D eigenvalue weighted by Gasteiger charge is -2.05. The van der Waals surface area contributed by atoms with E-state index in [9.17, 15) is 14.9 Å². The average molecular weight is 355 g/mol. The van der Waals surface area contributed by atoms with Gasteiger partial charge in [-0.3, -0.25) is 10.1 Å². The van der Waals surface area contributed by atoms with Crippen LogP contribution in [-0.2, 0) is 22.7 Å². The number of ether oxygens (including phenoxy) is 2. The third-order valence-corrected chi connectivity index (χ3v) is 3.85. The van der Waals surface area contributed by atoms with Gasteiger partial charge in [0.15, 0.2) is 0 Å². The molecule has 7 nitrogen and oxygen atoms in total. The normalized spacial score (nSPS) is 10.8. The smallest absolute Gasteiger partial charge is 0.374 e. The Hall–Kier alpha value is -3.19. The van der Waals surface area contributed by atoms with Crippen LogP contribution >= 0.6 is 0 Å². The van der Waals surface area contributed by atoms with Crippen molar-refractivity contribution in [2.75, 3.05) is 6.61 Å². The molecule has 1 aromatic heterocycles. The maximum absolute atomic E-state index is 12.5. The number of nitro groups is 1. The molecule has 0 aliphatic rings. The summed E-state index contributed by atoms with van der Waals surface area (Å²) in [6.45, 7) is 2.61. The number of fused-ring (bicyclic) bond motifs is 1. The quantitative estimate of drug-likeness (QED) is 0.358. The molecule has 0 radical (unpaired) electrons. The van der Waals surface area contributed by atoms with Crippen molar-refractivity contribution in [1.82, 2.24) is 0 Å². The molecule has 0 amide bonds. The van der Waals surface area contributed by atoms with Crippen molar-refractivity contribution >= 4 is 22.6 Å². The lowest BCUT2D eigenvalue weighted by molar-refractivity contribution is -0.384. The highest BCUT2D eigenvalue weighted by atomic mass is 16.6. The number of esters is 1. The van der Waals surface area contributed by atoms with Crippen molar-refractivity contribution in [3.8, 4) is 0 Å². The maximum Gasteiger partial charge on any atom is 0.374 e. The van der Waals surface area contributed by atoms with Gasteiger partial charge in [0.2, 0.25) is 5.76 Å². The zero-order valence-corrected chi connectivity index (χ0v) is 14.1. The Balaban J connectivity index is 1.77. The summed E-state index contributed by atoms with van der Waals surface area (Å²) < 4.78 is 16.4. The minimum atomic E-state index is -0.603. The Kier molecular flexibility index (Phi) is 5.28. The summed E-state index contributed by atoms with van der Waals surface area (Å²) in [6, 6.07) is 13.1. The molecule has 0 fully saturated rings. The zero-order valence-electron chi connectivity index (χ0n) is 14.1. The van der Waals surface area contributed by atoms with Crippen molar-refractivity contribution in [3.05, 3.63) is 75.5 Å². The fraction of sp³-hybridized carbons (Fsp3) is 0.211. The second-order valence-corrected chi connectivity index (χ2v) is 5.54. The molecule has 1 heterocycles. The molecule has 134 valence electrons. The number of para-hydroxylation sites is 1. The van der Waals surface area contributed by atoms with Gasteiger partial charge in [-0.05, 0) is 30.7 Å². The predicted octanol–water partition coefficient (Wildman–Crippen LogP) is 4.23. The van der Waals surface area contributed by atoms with E-state index in [0.29, 0.717) is 23.3 Å². The Bertz CT molecular complexity index is 929. The van der Waals surface area contributed by atoms with Crippen LogP contribution in [0.15, 0.2) is 52.9 Å². The lowest BCUT2D eigenvalue weighted by Crippen LogP contribution is -2.07. The third-order valence-electron chi connectivity index (χ3n) is 3.85. The Labute approximate surface area is 149 Å². The number of hydrogen-bond donors (Lipinski definition) is 0.